The molecule has 0 saturated carbocycles. The molecule has 1 aromatic heterocycles. The van der Waals surface area contributed by atoms with Crippen LogP contribution in [0.5, 0.6) is 0 Å². The van der Waals surface area contributed by atoms with E-state index in [0.717, 1.165) is 87.6 Å². The van der Waals surface area contributed by atoms with Gasteiger partial charge in [0, 0.05) is 75.4 Å². The fourth-order valence-electron chi connectivity index (χ4n) is 4.98. The molecule has 2 aromatic carbocycles. The number of carbonyl (C=O) groups is 1. The lowest BCUT2D eigenvalue weighted by Crippen LogP contribution is -2.47. The highest BCUT2D eigenvalue weighted by Crippen LogP contribution is 2.27. The van der Waals surface area contributed by atoms with Gasteiger partial charge in [-0.3, -0.25) is 4.79 Å². The lowest BCUT2D eigenvalue weighted by atomic mass is 10.1. The molecule has 2 aliphatic rings. The van der Waals surface area contributed by atoms with Crippen LogP contribution < -0.4 is 15.1 Å². The van der Waals surface area contributed by atoms with Crippen molar-refractivity contribution in [1.29, 1.82) is 0 Å². The van der Waals surface area contributed by atoms with Gasteiger partial charge in [-0.1, -0.05) is 24.3 Å². The molecular formula is C27H34FN7O. The second-order valence-corrected chi connectivity index (χ2v) is 9.62. The topological polar surface area (TPSA) is 67.8 Å². The van der Waals surface area contributed by atoms with E-state index in [1.165, 1.54) is 12.1 Å². The highest BCUT2D eigenvalue weighted by molar-refractivity contribution is 6.07. The van der Waals surface area contributed by atoms with Gasteiger partial charge in [0.1, 0.15) is 5.82 Å². The van der Waals surface area contributed by atoms with Crippen molar-refractivity contribution >= 4 is 28.2 Å². The van der Waals surface area contributed by atoms with Crippen LogP contribution in [0.3, 0.4) is 0 Å². The van der Waals surface area contributed by atoms with Gasteiger partial charge in [0.15, 0.2) is 11.5 Å². The van der Waals surface area contributed by atoms with E-state index >= 15 is 0 Å². The van der Waals surface area contributed by atoms with E-state index in [9.17, 15) is 9.18 Å². The molecule has 2 saturated heterocycles. The van der Waals surface area contributed by atoms with Crippen LogP contribution >= 0.6 is 0 Å². The first kappa shape index (κ1) is 24.4. The molecule has 1 amide bonds. The lowest BCUT2D eigenvalue weighted by Gasteiger charge is -2.37. The summed E-state index contributed by atoms with van der Waals surface area (Å²) >= 11 is 0. The third-order valence-corrected chi connectivity index (χ3v) is 7.19. The summed E-state index contributed by atoms with van der Waals surface area (Å²) in [4.78, 5) is 22.2. The van der Waals surface area contributed by atoms with Crippen molar-refractivity contribution in [2.24, 2.45) is 0 Å². The van der Waals surface area contributed by atoms with E-state index in [1.807, 2.05) is 36.4 Å². The molecule has 3 heterocycles. The highest BCUT2D eigenvalue weighted by Gasteiger charge is 2.23. The number of hydrogen-bond acceptors (Lipinski definition) is 7. The summed E-state index contributed by atoms with van der Waals surface area (Å²) < 4.78 is 13.3. The van der Waals surface area contributed by atoms with E-state index in [2.05, 4.69) is 42.2 Å². The average Bonchev–Trinajstić information content (AvgIpc) is 2.92. The second kappa shape index (κ2) is 11.2. The molecular weight excluding hydrogens is 457 g/mol. The zero-order valence-corrected chi connectivity index (χ0v) is 20.9. The number of amides is 1. The lowest BCUT2D eigenvalue weighted by molar-refractivity contribution is 0.0945. The summed E-state index contributed by atoms with van der Waals surface area (Å²) in [7, 11) is 2.15. The predicted molar refractivity (Wildman–Crippen MR) is 141 cm³/mol. The van der Waals surface area contributed by atoms with Gasteiger partial charge < -0.3 is 24.9 Å². The minimum absolute atomic E-state index is 0.176. The molecule has 5 rings (SSSR count). The third kappa shape index (κ3) is 5.57. The van der Waals surface area contributed by atoms with Crippen LogP contribution in [0.15, 0.2) is 48.5 Å². The second-order valence-electron chi connectivity index (χ2n) is 9.62. The standard InChI is InChI=1S/C27H34FN7O/c1-32-13-15-33(16-14-32)12-4-11-29-27(36)25-23-5-2-3-6-24(23)26(31-30-25)35-19-17-34(18-20-35)22-9-7-21(28)8-10-22/h2-3,5-10H,4,11-20H2,1H3,(H,29,36). The maximum absolute atomic E-state index is 13.3. The van der Waals surface area contributed by atoms with Crippen LogP contribution in [0.25, 0.3) is 10.8 Å². The number of nitrogens with zero attached hydrogens (tertiary/aromatic N) is 6. The Morgan fingerprint density at radius 2 is 1.53 bits per heavy atom. The average molecular weight is 492 g/mol. The molecule has 0 aliphatic carbocycles. The number of benzene rings is 2. The molecule has 0 bridgehead atoms. The van der Waals surface area contributed by atoms with Crippen LogP contribution in [0.1, 0.15) is 16.9 Å². The normalized spacial score (nSPS) is 17.5. The Labute approximate surface area is 211 Å². The first-order valence-corrected chi connectivity index (χ1v) is 12.8. The Morgan fingerprint density at radius 3 is 2.25 bits per heavy atom. The van der Waals surface area contributed by atoms with Crippen molar-refractivity contribution < 1.29 is 9.18 Å². The number of hydrogen-bond donors (Lipinski definition) is 1. The molecule has 0 radical (unpaired) electrons. The Balaban J connectivity index is 1.21. The number of anilines is 2. The molecule has 0 spiro atoms. The Kier molecular flexibility index (Phi) is 7.58. The molecule has 1 N–H and O–H groups in total. The zero-order valence-electron chi connectivity index (χ0n) is 20.9. The summed E-state index contributed by atoms with van der Waals surface area (Å²) in [5.41, 5.74) is 1.39. The van der Waals surface area contributed by atoms with Crippen LogP contribution in [0, 0.1) is 5.82 Å². The highest BCUT2D eigenvalue weighted by atomic mass is 19.1. The SMILES string of the molecule is CN1CCN(CCCNC(=O)c2nnc(N3CCN(c4ccc(F)cc4)CC3)c3ccccc23)CC1. The molecule has 2 aliphatic heterocycles. The largest absolute Gasteiger partial charge is 0.368 e. The van der Waals surface area contributed by atoms with E-state index in [0.29, 0.717) is 12.2 Å². The van der Waals surface area contributed by atoms with Gasteiger partial charge in [0.05, 0.1) is 0 Å². The van der Waals surface area contributed by atoms with Crippen molar-refractivity contribution in [3.05, 3.63) is 60.0 Å². The van der Waals surface area contributed by atoms with Gasteiger partial charge in [-0.25, -0.2) is 4.39 Å². The first-order valence-electron chi connectivity index (χ1n) is 12.8. The summed E-state index contributed by atoms with van der Waals surface area (Å²) in [6.45, 7) is 9.12. The van der Waals surface area contributed by atoms with E-state index < -0.39 is 0 Å². The van der Waals surface area contributed by atoms with Gasteiger partial charge in [0.2, 0.25) is 0 Å². The molecule has 3 aromatic rings. The number of nitrogens with one attached hydrogen (secondary N) is 1. The van der Waals surface area contributed by atoms with Gasteiger partial charge in [0.25, 0.3) is 5.91 Å². The van der Waals surface area contributed by atoms with Crippen molar-refractivity contribution in [3.63, 3.8) is 0 Å². The smallest absolute Gasteiger partial charge is 0.272 e. The summed E-state index contributed by atoms with van der Waals surface area (Å²) in [6, 6.07) is 14.5. The predicted octanol–water partition coefficient (Wildman–Crippen LogP) is 2.46. The maximum atomic E-state index is 13.3. The van der Waals surface area contributed by atoms with Crippen LogP contribution in [-0.4, -0.2) is 98.4 Å². The number of halogens is 1. The van der Waals surface area contributed by atoms with Crippen molar-refractivity contribution in [2.45, 2.75) is 6.42 Å². The summed E-state index contributed by atoms with van der Waals surface area (Å²) in [5, 5.41) is 13.7. The number of rotatable bonds is 7. The minimum Gasteiger partial charge on any atom is -0.368 e. The molecule has 8 nitrogen and oxygen atoms in total. The number of aromatic nitrogens is 2. The zero-order chi connectivity index (χ0) is 24.9. The third-order valence-electron chi connectivity index (χ3n) is 7.19. The Hall–Kier alpha value is -3.30. The number of likely N-dealkylation sites (N-methyl/N-ethyl adjacent to an activating group) is 1. The van der Waals surface area contributed by atoms with Crippen LogP contribution in [0.2, 0.25) is 0 Å². The fraction of sp³-hybridized carbons (Fsp3) is 0.444. The van der Waals surface area contributed by atoms with E-state index in [4.69, 9.17) is 0 Å². The molecule has 9 heteroatoms. The van der Waals surface area contributed by atoms with Crippen molar-refractivity contribution in [2.75, 3.05) is 82.3 Å². The first-order chi connectivity index (χ1) is 17.6. The maximum Gasteiger partial charge on any atom is 0.272 e. The molecule has 0 atom stereocenters. The number of carbonyl (C=O) groups excluding carboxylic acids is 1. The van der Waals surface area contributed by atoms with Gasteiger partial charge in [-0.2, -0.15) is 0 Å². The monoisotopic (exact) mass is 491 g/mol. The molecule has 190 valence electrons. The van der Waals surface area contributed by atoms with E-state index in [-0.39, 0.29) is 11.7 Å². The fourth-order valence-corrected chi connectivity index (χ4v) is 4.98. The van der Waals surface area contributed by atoms with Crippen LogP contribution in [0.4, 0.5) is 15.9 Å². The van der Waals surface area contributed by atoms with E-state index in [1.54, 1.807) is 0 Å². The van der Waals surface area contributed by atoms with Crippen molar-refractivity contribution in [3.8, 4) is 0 Å². The summed E-state index contributed by atoms with van der Waals surface area (Å²) in [5.74, 6) is 0.402. The number of piperazine rings is 2. The van der Waals surface area contributed by atoms with Crippen molar-refractivity contribution in [1.82, 2.24) is 25.3 Å². The van der Waals surface area contributed by atoms with Gasteiger partial charge in [-0.15, -0.1) is 10.2 Å². The Morgan fingerprint density at radius 1 is 0.861 bits per heavy atom. The molecule has 36 heavy (non-hydrogen) atoms. The van der Waals surface area contributed by atoms with Gasteiger partial charge in [-0.05, 0) is 44.3 Å². The van der Waals surface area contributed by atoms with Gasteiger partial charge >= 0.3 is 0 Å². The van der Waals surface area contributed by atoms with Crippen LogP contribution in [-0.2, 0) is 0 Å². The summed E-state index contributed by atoms with van der Waals surface area (Å²) in [6.07, 6.45) is 0.914. The molecule has 0 unspecified atom stereocenters. The minimum atomic E-state index is -0.224. The quantitative estimate of drug-likeness (QED) is 0.510. The number of fused-ring (bicyclic) bond motifs is 1. The molecule has 2 fully saturated rings. The Bertz CT molecular complexity index is 1170.